The number of benzene rings is 1. The molecule has 0 unspecified atom stereocenters. The van der Waals surface area contributed by atoms with E-state index >= 15 is 0 Å². The number of rotatable bonds is 3. The molecular weight excluding hydrogens is 340 g/mol. The van der Waals surface area contributed by atoms with E-state index in [2.05, 4.69) is 5.32 Å². The molecule has 0 radical (unpaired) electrons. The van der Waals surface area contributed by atoms with Gasteiger partial charge in [-0.15, -0.1) is 0 Å². The number of halogens is 1. The van der Waals surface area contributed by atoms with Crippen LogP contribution in [0.3, 0.4) is 0 Å². The fourth-order valence-corrected chi connectivity index (χ4v) is 3.04. The van der Waals surface area contributed by atoms with E-state index in [1.165, 1.54) is 0 Å². The van der Waals surface area contributed by atoms with Crippen molar-refractivity contribution in [3.8, 4) is 0 Å². The van der Waals surface area contributed by atoms with Crippen molar-refractivity contribution in [1.82, 2.24) is 10.2 Å². The minimum Gasteiger partial charge on any atom is -0.444 e. The number of nitrogens with zero attached hydrogens (tertiary/aromatic N) is 1. The van der Waals surface area contributed by atoms with Gasteiger partial charge in [-0.1, -0.05) is 23.7 Å². The number of carbonyl (C=O) groups is 2. The first-order valence-corrected chi connectivity index (χ1v) is 9.07. The fraction of sp³-hybridized carbons (Fsp3) is 0.579. The number of hydrogen-bond acceptors (Lipinski definition) is 3. The Kier molecular flexibility index (Phi) is 6.33. The van der Waals surface area contributed by atoms with Crippen LogP contribution in [0, 0.1) is 5.92 Å². The van der Waals surface area contributed by atoms with Crippen LogP contribution in [0.15, 0.2) is 24.3 Å². The molecule has 1 atom stereocenters. The highest BCUT2D eigenvalue weighted by Gasteiger charge is 2.30. The van der Waals surface area contributed by atoms with Gasteiger partial charge in [0.15, 0.2) is 0 Å². The summed E-state index contributed by atoms with van der Waals surface area (Å²) in [5.41, 5.74) is 0.476. The molecule has 1 aliphatic rings. The highest BCUT2D eigenvalue weighted by Crippen LogP contribution is 2.22. The van der Waals surface area contributed by atoms with Gasteiger partial charge >= 0.3 is 6.09 Å². The van der Waals surface area contributed by atoms with Gasteiger partial charge in [0, 0.05) is 24.0 Å². The Balaban J connectivity index is 1.84. The molecule has 1 aromatic carbocycles. The van der Waals surface area contributed by atoms with E-state index in [4.69, 9.17) is 16.3 Å². The molecule has 0 aliphatic carbocycles. The van der Waals surface area contributed by atoms with Gasteiger partial charge in [0.2, 0.25) is 5.91 Å². The molecule has 2 rings (SSSR count). The summed E-state index contributed by atoms with van der Waals surface area (Å²) in [4.78, 5) is 26.2. The molecule has 1 saturated heterocycles. The van der Waals surface area contributed by atoms with Crippen LogP contribution in [0.2, 0.25) is 5.02 Å². The number of ether oxygens (including phenoxy) is 1. The molecule has 0 aromatic heterocycles. The first kappa shape index (κ1) is 19.6. The number of piperidine rings is 1. The lowest BCUT2D eigenvalue weighted by Crippen LogP contribution is -2.45. The molecule has 25 heavy (non-hydrogen) atoms. The van der Waals surface area contributed by atoms with Crippen LogP contribution >= 0.6 is 11.6 Å². The average molecular weight is 367 g/mol. The normalized spacial score (nSPS) is 17.1. The SMILES string of the molecule is C[C@H](NC(=O)C1CCN(C(=O)OC(C)(C)C)CC1)c1cccc(Cl)c1. The molecule has 138 valence electrons. The Bertz CT molecular complexity index is 619. The van der Waals surface area contributed by atoms with Crippen LogP contribution in [0.1, 0.15) is 52.1 Å². The van der Waals surface area contributed by atoms with Crippen molar-refractivity contribution in [2.24, 2.45) is 5.92 Å². The fourth-order valence-electron chi connectivity index (χ4n) is 2.84. The summed E-state index contributed by atoms with van der Waals surface area (Å²) in [5.74, 6) is -0.0587. The largest absolute Gasteiger partial charge is 0.444 e. The minimum absolute atomic E-state index is 0.0244. The van der Waals surface area contributed by atoms with Crippen LogP contribution in [0.4, 0.5) is 4.79 Å². The summed E-state index contributed by atoms with van der Waals surface area (Å²) in [6.45, 7) is 8.57. The first-order chi connectivity index (χ1) is 11.7. The number of hydrogen-bond donors (Lipinski definition) is 1. The van der Waals surface area contributed by atoms with Crippen molar-refractivity contribution in [2.75, 3.05) is 13.1 Å². The zero-order chi connectivity index (χ0) is 18.6. The Morgan fingerprint density at radius 3 is 2.48 bits per heavy atom. The quantitative estimate of drug-likeness (QED) is 0.873. The predicted octanol–water partition coefficient (Wildman–Crippen LogP) is 4.16. The molecule has 1 heterocycles. The molecule has 6 heteroatoms. The second kappa shape index (κ2) is 8.09. The highest BCUT2D eigenvalue weighted by molar-refractivity contribution is 6.30. The maximum absolute atomic E-state index is 12.5. The highest BCUT2D eigenvalue weighted by atomic mass is 35.5. The van der Waals surface area contributed by atoms with Crippen LogP contribution in [-0.2, 0) is 9.53 Å². The Hall–Kier alpha value is -1.75. The van der Waals surface area contributed by atoms with Gasteiger partial charge in [-0.2, -0.15) is 0 Å². The van der Waals surface area contributed by atoms with Gasteiger partial charge in [0.25, 0.3) is 0 Å². The molecular formula is C19H27ClN2O3. The zero-order valence-electron chi connectivity index (χ0n) is 15.3. The van der Waals surface area contributed by atoms with Crippen LogP contribution < -0.4 is 5.32 Å². The maximum Gasteiger partial charge on any atom is 0.410 e. The van der Waals surface area contributed by atoms with Crippen molar-refractivity contribution in [3.05, 3.63) is 34.9 Å². The lowest BCUT2D eigenvalue weighted by molar-refractivity contribution is -0.127. The van der Waals surface area contributed by atoms with Crippen molar-refractivity contribution in [2.45, 2.75) is 52.2 Å². The van der Waals surface area contributed by atoms with E-state index in [9.17, 15) is 9.59 Å². The molecule has 1 aliphatic heterocycles. The average Bonchev–Trinajstić information content (AvgIpc) is 2.53. The lowest BCUT2D eigenvalue weighted by atomic mass is 9.95. The molecule has 5 nitrogen and oxygen atoms in total. The third-order valence-corrected chi connectivity index (χ3v) is 4.46. The predicted molar refractivity (Wildman–Crippen MR) is 98.5 cm³/mol. The van der Waals surface area contributed by atoms with Crippen molar-refractivity contribution >= 4 is 23.6 Å². The Morgan fingerprint density at radius 1 is 1.28 bits per heavy atom. The number of nitrogens with one attached hydrogen (secondary N) is 1. The zero-order valence-corrected chi connectivity index (χ0v) is 16.1. The standard InChI is InChI=1S/C19H27ClN2O3/c1-13(15-6-5-7-16(20)12-15)21-17(23)14-8-10-22(11-9-14)18(24)25-19(2,3)4/h5-7,12-14H,8-11H2,1-4H3,(H,21,23)/t13-/m0/s1. The first-order valence-electron chi connectivity index (χ1n) is 8.69. The van der Waals surface area contributed by atoms with Crippen molar-refractivity contribution in [3.63, 3.8) is 0 Å². The summed E-state index contributed by atoms with van der Waals surface area (Å²) in [7, 11) is 0. The summed E-state index contributed by atoms with van der Waals surface area (Å²) in [5, 5.41) is 3.70. The molecule has 2 amide bonds. The van der Waals surface area contributed by atoms with Crippen LogP contribution in [0.5, 0.6) is 0 Å². The molecule has 1 fully saturated rings. The topological polar surface area (TPSA) is 58.6 Å². The van der Waals surface area contributed by atoms with Gasteiger partial charge in [-0.05, 0) is 58.2 Å². The third kappa shape index (κ3) is 5.92. The summed E-state index contributed by atoms with van der Waals surface area (Å²) in [6.07, 6.45) is 0.986. The van der Waals surface area contributed by atoms with E-state index in [0.717, 1.165) is 5.56 Å². The van der Waals surface area contributed by atoms with Crippen LogP contribution in [-0.4, -0.2) is 35.6 Å². The number of likely N-dealkylation sites (tertiary alicyclic amines) is 1. The van der Waals surface area contributed by atoms with Gasteiger partial charge in [0.1, 0.15) is 5.60 Å². The summed E-state index contributed by atoms with van der Waals surface area (Å²) >= 11 is 6.00. The Morgan fingerprint density at radius 2 is 1.92 bits per heavy atom. The van der Waals surface area contributed by atoms with E-state index in [1.54, 1.807) is 4.90 Å². The Labute approximate surface area is 154 Å². The van der Waals surface area contributed by atoms with Gasteiger partial charge in [-0.3, -0.25) is 4.79 Å². The molecule has 1 aromatic rings. The van der Waals surface area contributed by atoms with E-state index in [-0.39, 0.29) is 24.0 Å². The second-order valence-electron chi connectivity index (χ2n) is 7.53. The smallest absolute Gasteiger partial charge is 0.410 e. The van der Waals surface area contributed by atoms with E-state index < -0.39 is 5.60 Å². The molecule has 0 bridgehead atoms. The molecule has 0 saturated carbocycles. The summed E-state index contributed by atoms with van der Waals surface area (Å²) in [6, 6.07) is 7.39. The molecule has 1 N–H and O–H groups in total. The maximum atomic E-state index is 12.5. The van der Waals surface area contributed by atoms with Gasteiger partial charge < -0.3 is 15.0 Å². The second-order valence-corrected chi connectivity index (χ2v) is 7.96. The van der Waals surface area contributed by atoms with E-state index in [0.29, 0.717) is 31.0 Å². The van der Waals surface area contributed by atoms with Crippen molar-refractivity contribution in [1.29, 1.82) is 0 Å². The lowest BCUT2D eigenvalue weighted by Gasteiger charge is -2.33. The minimum atomic E-state index is -0.502. The molecule has 0 spiro atoms. The van der Waals surface area contributed by atoms with Crippen molar-refractivity contribution < 1.29 is 14.3 Å². The van der Waals surface area contributed by atoms with Crippen LogP contribution in [0.25, 0.3) is 0 Å². The van der Waals surface area contributed by atoms with Gasteiger partial charge in [-0.25, -0.2) is 4.79 Å². The third-order valence-electron chi connectivity index (χ3n) is 4.22. The monoisotopic (exact) mass is 366 g/mol. The number of amides is 2. The number of carbonyl (C=O) groups excluding carboxylic acids is 2. The summed E-state index contributed by atoms with van der Waals surface area (Å²) < 4.78 is 5.38. The van der Waals surface area contributed by atoms with E-state index in [1.807, 2.05) is 52.0 Å². The van der Waals surface area contributed by atoms with Gasteiger partial charge in [0.05, 0.1) is 6.04 Å².